The third-order valence-corrected chi connectivity index (χ3v) is 18.0. The number of hydrogen-bond acceptors (Lipinski definition) is 5. The minimum absolute atomic E-state index is 0.0151. The van der Waals surface area contributed by atoms with Gasteiger partial charge in [0.05, 0.1) is 11.3 Å². The SMILES string of the molecule is CC(C)C1=C2C3CCC4[C@@]5(C)CC=C(C6=CC[C@H](C(=O)O)CC6)C(C)(C)C5CC[C@@]4(C)[C@]3(C)CC[C@@]2(C(=O)CCCN(CCN(C)C)Cc2ccc(Cl)cc2)CC1=O. The predicted molar refractivity (Wildman–Crippen MR) is 235 cm³/mol. The van der Waals surface area contributed by atoms with Gasteiger partial charge >= 0.3 is 5.97 Å². The second-order valence-electron chi connectivity index (χ2n) is 21.6. The lowest BCUT2D eigenvalue weighted by atomic mass is 9.33. The number of fused-ring (bicyclic) bond motifs is 7. The van der Waals surface area contributed by atoms with E-state index in [0.717, 1.165) is 88.1 Å². The summed E-state index contributed by atoms with van der Waals surface area (Å²) in [6.07, 6.45) is 16.2. The van der Waals surface area contributed by atoms with Crippen LogP contribution in [0, 0.1) is 56.7 Å². The smallest absolute Gasteiger partial charge is 0.306 e. The third kappa shape index (κ3) is 7.25. The Balaban J connectivity index is 1.13. The van der Waals surface area contributed by atoms with E-state index in [1.807, 2.05) is 12.1 Å². The van der Waals surface area contributed by atoms with Crippen LogP contribution in [0.5, 0.6) is 0 Å². The molecule has 0 heterocycles. The minimum atomic E-state index is -0.665. The number of carbonyl (C=O) groups is 3. The van der Waals surface area contributed by atoms with E-state index in [4.69, 9.17) is 11.6 Å². The maximum atomic E-state index is 15.0. The Morgan fingerprint density at radius 3 is 2.24 bits per heavy atom. The van der Waals surface area contributed by atoms with Gasteiger partial charge in [0.2, 0.25) is 0 Å². The van der Waals surface area contributed by atoms with Crippen molar-refractivity contribution in [1.29, 1.82) is 0 Å². The average Bonchev–Trinajstić information content (AvgIpc) is 3.48. The van der Waals surface area contributed by atoms with Crippen LogP contribution in [0.1, 0.15) is 138 Å². The van der Waals surface area contributed by atoms with Crippen LogP contribution in [-0.2, 0) is 20.9 Å². The summed E-state index contributed by atoms with van der Waals surface area (Å²) in [5.74, 6) is 1.11. The van der Waals surface area contributed by atoms with Gasteiger partial charge in [-0.15, -0.1) is 0 Å². The van der Waals surface area contributed by atoms with Gasteiger partial charge in [-0.3, -0.25) is 19.3 Å². The molecule has 7 rings (SSSR count). The van der Waals surface area contributed by atoms with Crippen LogP contribution in [0.25, 0.3) is 0 Å². The molecule has 8 atom stereocenters. The van der Waals surface area contributed by atoms with Gasteiger partial charge in [0.1, 0.15) is 5.78 Å². The Kier molecular flexibility index (Phi) is 12.1. The number of carboxylic acids is 1. The van der Waals surface area contributed by atoms with Gasteiger partial charge in [-0.1, -0.05) is 84.4 Å². The van der Waals surface area contributed by atoms with Crippen LogP contribution in [0.2, 0.25) is 5.02 Å². The van der Waals surface area contributed by atoms with E-state index in [9.17, 15) is 19.5 Å². The van der Waals surface area contributed by atoms with Gasteiger partial charge < -0.3 is 10.0 Å². The van der Waals surface area contributed by atoms with Crippen molar-refractivity contribution in [3.63, 3.8) is 0 Å². The molecule has 6 aliphatic carbocycles. The first-order valence-electron chi connectivity index (χ1n) is 22.8. The summed E-state index contributed by atoms with van der Waals surface area (Å²) in [6, 6.07) is 8.11. The quantitative estimate of drug-likeness (QED) is 0.214. The van der Waals surface area contributed by atoms with Gasteiger partial charge in [-0.2, -0.15) is 0 Å². The Morgan fingerprint density at radius 2 is 1.60 bits per heavy atom. The lowest BCUT2D eigenvalue weighted by Gasteiger charge is -2.71. The molecule has 7 heteroatoms. The van der Waals surface area contributed by atoms with E-state index in [0.29, 0.717) is 36.9 Å². The van der Waals surface area contributed by atoms with E-state index in [1.54, 1.807) is 0 Å². The normalized spacial score (nSPS) is 35.6. The van der Waals surface area contributed by atoms with E-state index in [2.05, 4.69) is 96.6 Å². The highest BCUT2D eigenvalue weighted by Crippen LogP contribution is 2.77. The Hall–Kier alpha value is -2.54. The second kappa shape index (κ2) is 16.1. The van der Waals surface area contributed by atoms with E-state index in [1.165, 1.54) is 35.1 Å². The van der Waals surface area contributed by atoms with Crippen molar-refractivity contribution in [2.24, 2.45) is 56.7 Å². The fraction of sp³-hybridized carbons (Fsp3) is 0.706. The van der Waals surface area contributed by atoms with Crippen molar-refractivity contribution >= 4 is 29.1 Å². The Bertz CT molecular complexity index is 1870. The molecule has 1 aromatic rings. The zero-order valence-electron chi connectivity index (χ0n) is 37.3. The van der Waals surface area contributed by atoms with Gasteiger partial charge in [-0.25, -0.2) is 0 Å². The fourth-order valence-electron chi connectivity index (χ4n) is 14.6. The summed E-state index contributed by atoms with van der Waals surface area (Å²) in [4.78, 5) is 45.6. The molecule has 0 aromatic heterocycles. The van der Waals surface area contributed by atoms with E-state index < -0.39 is 11.4 Å². The molecule has 3 saturated carbocycles. The number of halogens is 1. The number of likely N-dealkylation sites (N-methyl/N-ethyl adjacent to an activating group) is 1. The van der Waals surface area contributed by atoms with E-state index in [-0.39, 0.29) is 45.2 Å². The number of rotatable bonds is 13. The van der Waals surface area contributed by atoms with Gasteiger partial charge in [-0.05, 0) is 177 Å². The number of ketones is 2. The van der Waals surface area contributed by atoms with Crippen molar-refractivity contribution in [1.82, 2.24) is 9.80 Å². The largest absolute Gasteiger partial charge is 0.481 e. The Morgan fingerprint density at radius 1 is 0.879 bits per heavy atom. The van der Waals surface area contributed by atoms with Crippen molar-refractivity contribution in [2.45, 2.75) is 138 Å². The third-order valence-electron chi connectivity index (χ3n) is 17.7. The first kappa shape index (κ1) is 43.5. The molecule has 0 saturated heterocycles. The molecule has 6 aliphatic rings. The van der Waals surface area contributed by atoms with Crippen LogP contribution in [0.3, 0.4) is 0 Å². The molecule has 0 bridgehead atoms. The molecule has 6 nitrogen and oxygen atoms in total. The Labute approximate surface area is 355 Å². The van der Waals surface area contributed by atoms with Crippen molar-refractivity contribution < 1.29 is 19.5 Å². The number of benzene rings is 1. The van der Waals surface area contributed by atoms with Crippen LogP contribution in [-0.4, -0.2) is 66.2 Å². The maximum absolute atomic E-state index is 15.0. The summed E-state index contributed by atoms with van der Waals surface area (Å²) in [7, 11) is 4.22. The lowest BCUT2D eigenvalue weighted by Crippen LogP contribution is -2.64. The van der Waals surface area contributed by atoms with Crippen molar-refractivity contribution in [3.05, 3.63) is 69.3 Å². The molecular formula is C51H73ClN2O4. The first-order chi connectivity index (χ1) is 27.3. The number of Topliss-reactive ketones (excluding diaryl/α,β-unsaturated/α-hetero) is 2. The lowest BCUT2D eigenvalue weighted by molar-refractivity contribution is -0.199. The predicted octanol–water partition coefficient (Wildman–Crippen LogP) is 11.4. The van der Waals surface area contributed by atoms with Gasteiger partial charge in [0, 0.05) is 37.5 Å². The summed E-state index contributed by atoms with van der Waals surface area (Å²) in [5.41, 5.74) is 6.02. The monoisotopic (exact) mass is 813 g/mol. The molecule has 0 aliphatic heterocycles. The molecule has 1 N–H and O–H groups in total. The van der Waals surface area contributed by atoms with E-state index >= 15 is 0 Å². The van der Waals surface area contributed by atoms with Crippen LogP contribution < -0.4 is 0 Å². The second-order valence-corrected chi connectivity index (χ2v) is 22.0. The fourth-order valence-corrected chi connectivity index (χ4v) is 14.7. The maximum Gasteiger partial charge on any atom is 0.306 e. The number of aliphatic carboxylic acids is 1. The number of nitrogens with zero attached hydrogens (tertiary/aromatic N) is 2. The summed E-state index contributed by atoms with van der Waals surface area (Å²) >= 11 is 6.20. The number of carbonyl (C=O) groups excluding carboxylic acids is 2. The average molecular weight is 814 g/mol. The number of allylic oxidation sites excluding steroid dienone is 6. The molecular weight excluding hydrogens is 740 g/mol. The molecule has 58 heavy (non-hydrogen) atoms. The highest BCUT2D eigenvalue weighted by Gasteiger charge is 2.70. The summed E-state index contributed by atoms with van der Waals surface area (Å²) in [5, 5.41) is 10.4. The van der Waals surface area contributed by atoms with Gasteiger partial charge in [0.25, 0.3) is 0 Å². The topological polar surface area (TPSA) is 77.9 Å². The van der Waals surface area contributed by atoms with Crippen LogP contribution in [0.4, 0.5) is 0 Å². The first-order valence-corrected chi connectivity index (χ1v) is 23.2. The molecule has 0 spiro atoms. The summed E-state index contributed by atoms with van der Waals surface area (Å²) in [6.45, 7) is 20.7. The van der Waals surface area contributed by atoms with Gasteiger partial charge in [0.15, 0.2) is 5.78 Å². The zero-order valence-corrected chi connectivity index (χ0v) is 38.1. The number of carboxylic acid groups (broad SMARTS) is 1. The van der Waals surface area contributed by atoms with Crippen LogP contribution >= 0.6 is 11.6 Å². The summed E-state index contributed by atoms with van der Waals surface area (Å²) < 4.78 is 0. The standard InChI is InChI=1S/C51H73ClN2O4/c1-33(2)44-40(55)31-51(43(56)11-10-28-54(30-29-53(8)9)32-34-12-18-37(52)19-13-34)27-26-49(6)39(45(44)51)20-21-42-48(5)24-22-38(35-14-16-36(17-15-35)46(57)58)47(3,4)41(48)23-25-50(42,49)7/h12-14,18-19,22,33,36,39,41-42H,10-11,15-17,20-21,23-32H2,1-9H3,(H,57,58)/t36-,39?,41?,42?,48-,49+,50+,51-/m0/s1. The molecule has 3 fully saturated rings. The zero-order chi connectivity index (χ0) is 42.0. The van der Waals surface area contributed by atoms with Crippen LogP contribution in [0.15, 0.2) is 58.7 Å². The highest BCUT2D eigenvalue weighted by atomic mass is 35.5. The molecule has 3 unspecified atom stereocenters. The molecule has 1 aromatic carbocycles. The van der Waals surface area contributed by atoms with Crippen molar-refractivity contribution in [2.75, 3.05) is 33.7 Å². The minimum Gasteiger partial charge on any atom is -0.481 e. The number of hydrogen-bond donors (Lipinski definition) is 1. The molecule has 0 radical (unpaired) electrons. The van der Waals surface area contributed by atoms with Crippen molar-refractivity contribution in [3.8, 4) is 0 Å². The molecule has 318 valence electrons. The molecule has 0 amide bonds. The highest BCUT2D eigenvalue weighted by molar-refractivity contribution is 6.30.